The summed E-state index contributed by atoms with van der Waals surface area (Å²) in [5, 5.41) is 3.39. The summed E-state index contributed by atoms with van der Waals surface area (Å²) in [6.07, 6.45) is 0.537. The van der Waals surface area contributed by atoms with E-state index in [-0.39, 0.29) is 36.6 Å². The molecule has 3 aliphatic rings. The van der Waals surface area contributed by atoms with E-state index in [9.17, 15) is 18.8 Å². The van der Waals surface area contributed by atoms with E-state index in [0.717, 1.165) is 31.1 Å². The highest BCUT2D eigenvalue weighted by atomic mass is 32.2. The van der Waals surface area contributed by atoms with Crippen LogP contribution in [0, 0.1) is 5.82 Å². The normalized spacial score (nSPS) is 22.3. The third-order valence-electron chi connectivity index (χ3n) is 5.50. The molecule has 8 nitrogen and oxygen atoms in total. The first-order valence-corrected chi connectivity index (χ1v) is 10.9. The monoisotopic (exact) mass is 434 g/mol. The van der Waals surface area contributed by atoms with E-state index in [1.54, 1.807) is 12.1 Å². The lowest BCUT2D eigenvalue weighted by Gasteiger charge is -2.33. The zero-order valence-electron chi connectivity index (χ0n) is 16.6. The Morgan fingerprint density at radius 1 is 1.33 bits per heavy atom. The van der Waals surface area contributed by atoms with Crippen molar-refractivity contribution in [3.63, 3.8) is 0 Å². The van der Waals surface area contributed by atoms with Crippen LogP contribution < -0.4 is 10.2 Å². The minimum atomic E-state index is -0.546. The number of nitrogens with zero attached hydrogens (tertiary/aromatic N) is 3. The van der Waals surface area contributed by atoms with E-state index in [2.05, 4.69) is 15.2 Å². The molecule has 2 fully saturated rings. The third-order valence-corrected chi connectivity index (χ3v) is 6.50. The molecule has 2 saturated heterocycles. The summed E-state index contributed by atoms with van der Waals surface area (Å²) in [5.41, 5.74) is 1.08. The van der Waals surface area contributed by atoms with Crippen LogP contribution >= 0.6 is 11.8 Å². The van der Waals surface area contributed by atoms with Gasteiger partial charge in [0.25, 0.3) is 5.91 Å². The smallest absolute Gasteiger partial charge is 0.414 e. The molecule has 0 aliphatic carbocycles. The van der Waals surface area contributed by atoms with E-state index in [0.29, 0.717) is 17.0 Å². The number of aliphatic imine (C=N–C) groups is 1. The number of hydrogen-bond acceptors (Lipinski definition) is 6. The lowest BCUT2D eigenvalue weighted by molar-refractivity contribution is -0.119. The topological polar surface area (TPSA) is 91.3 Å². The molecular formula is C20H23FN4O4S. The molecule has 0 saturated carbocycles. The standard InChI is InChI=1S/C20H23FN4O4S/c1-12(26)22-9-15-10-25(20(28)29-15)14-2-3-16(17(21)8-14)13-4-6-24(7-5-13)19-23-18(27)11-30-19/h2-3,8,13,15H,4-7,9-11H2,1H3,(H,22,26). The number of cyclic esters (lactones) is 1. The predicted octanol–water partition coefficient (Wildman–Crippen LogP) is 2.10. The number of anilines is 1. The highest BCUT2D eigenvalue weighted by Gasteiger charge is 2.33. The number of rotatable bonds is 4. The van der Waals surface area contributed by atoms with Crippen LogP contribution in [0.5, 0.6) is 0 Å². The Balaban J connectivity index is 1.38. The second-order valence-electron chi connectivity index (χ2n) is 7.60. The Bertz CT molecular complexity index is 901. The summed E-state index contributed by atoms with van der Waals surface area (Å²) in [7, 11) is 0. The van der Waals surface area contributed by atoms with Crippen molar-refractivity contribution in [1.29, 1.82) is 0 Å². The number of piperidine rings is 1. The summed E-state index contributed by atoms with van der Waals surface area (Å²) >= 11 is 1.46. The molecule has 3 heterocycles. The average molecular weight is 434 g/mol. The van der Waals surface area contributed by atoms with Gasteiger partial charge in [0, 0.05) is 20.0 Å². The number of amides is 3. The second-order valence-corrected chi connectivity index (χ2v) is 8.54. The van der Waals surface area contributed by atoms with E-state index in [1.165, 1.54) is 29.7 Å². The number of benzene rings is 1. The molecule has 3 amide bonds. The number of likely N-dealkylation sites (tertiary alicyclic amines) is 1. The van der Waals surface area contributed by atoms with Gasteiger partial charge in [-0.1, -0.05) is 17.8 Å². The van der Waals surface area contributed by atoms with Gasteiger partial charge < -0.3 is 15.0 Å². The Labute approximate surface area is 177 Å². The number of nitrogens with one attached hydrogen (secondary N) is 1. The SMILES string of the molecule is CC(=O)NCC1CN(c2ccc(C3CCN(C4=NC(=O)CS4)CC3)c(F)c2)C(=O)O1. The number of thioether (sulfide) groups is 1. The van der Waals surface area contributed by atoms with Gasteiger partial charge in [0.05, 0.1) is 24.5 Å². The Kier molecular flexibility index (Phi) is 5.94. The summed E-state index contributed by atoms with van der Waals surface area (Å²) in [4.78, 5) is 42.0. The fourth-order valence-electron chi connectivity index (χ4n) is 3.95. The molecule has 160 valence electrons. The van der Waals surface area contributed by atoms with Gasteiger partial charge in [0.1, 0.15) is 11.9 Å². The maximum Gasteiger partial charge on any atom is 0.414 e. The van der Waals surface area contributed by atoms with Gasteiger partial charge in [0.2, 0.25) is 5.91 Å². The number of amidine groups is 1. The van der Waals surface area contributed by atoms with Crippen molar-refractivity contribution in [2.24, 2.45) is 4.99 Å². The molecule has 1 aromatic carbocycles. The Morgan fingerprint density at radius 2 is 2.10 bits per heavy atom. The van der Waals surface area contributed by atoms with Gasteiger partial charge >= 0.3 is 6.09 Å². The summed E-state index contributed by atoms with van der Waals surface area (Å²) < 4.78 is 20.1. The van der Waals surface area contributed by atoms with Crippen molar-refractivity contribution in [2.45, 2.75) is 31.8 Å². The molecular weight excluding hydrogens is 411 g/mol. The number of carbonyl (C=O) groups excluding carboxylic acids is 3. The molecule has 0 aromatic heterocycles. The van der Waals surface area contributed by atoms with Crippen LogP contribution in [-0.4, -0.2) is 66.0 Å². The van der Waals surface area contributed by atoms with Crippen LogP contribution in [0.2, 0.25) is 0 Å². The molecule has 10 heteroatoms. The van der Waals surface area contributed by atoms with Gasteiger partial charge in [-0.15, -0.1) is 0 Å². The quantitative estimate of drug-likeness (QED) is 0.781. The fraction of sp³-hybridized carbons (Fsp3) is 0.500. The number of carbonyl (C=O) groups is 3. The molecule has 3 aliphatic heterocycles. The maximum atomic E-state index is 14.9. The Morgan fingerprint density at radius 3 is 2.73 bits per heavy atom. The lowest BCUT2D eigenvalue weighted by atomic mass is 9.89. The van der Waals surface area contributed by atoms with E-state index in [4.69, 9.17) is 4.74 Å². The van der Waals surface area contributed by atoms with Gasteiger partial charge in [0.15, 0.2) is 5.17 Å². The predicted molar refractivity (Wildman–Crippen MR) is 111 cm³/mol. The number of hydrogen-bond donors (Lipinski definition) is 1. The highest BCUT2D eigenvalue weighted by Crippen LogP contribution is 2.34. The van der Waals surface area contributed by atoms with Crippen LogP contribution in [0.1, 0.15) is 31.2 Å². The maximum absolute atomic E-state index is 14.9. The molecule has 1 atom stereocenters. The van der Waals surface area contributed by atoms with Gasteiger partial charge in [-0.05, 0) is 36.5 Å². The van der Waals surface area contributed by atoms with Crippen LogP contribution in [0.3, 0.4) is 0 Å². The summed E-state index contributed by atoms with van der Waals surface area (Å²) in [6, 6.07) is 4.85. The first kappa shape index (κ1) is 20.6. The lowest BCUT2D eigenvalue weighted by Crippen LogP contribution is -2.36. The fourth-order valence-corrected chi connectivity index (χ4v) is 4.80. The molecule has 0 radical (unpaired) electrons. The Hall–Kier alpha value is -2.62. The van der Waals surface area contributed by atoms with E-state index in [1.807, 2.05) is 0 Å². The molecule has 30 heavy (non-hydrogen) atoms. The zero-order chi connectivity index (χ0) is 21.3. The number of ether oxygens (including phenoxy) is 1. The average Bonchev–Trinajstić information content (AvgIpc) is 3.32. The first-order valence-electron chi connectivity index (χ1n) is 9.92. The number of halogens is 1. The van der Waals surface area contributed by atoms with E-state index < -0.39 is 12.2 Å². The van der Waals surface area contributed by atoms with Crippen LogP contribution in [0.15, 0.2) is 23.2 Å². The molecule has 1 unspecified atom stereocenters. The molecule has 1 aromatic rings. The second kappa shape index (κ2) is 8.63. The van der Waals surface area contributed by atoms with Crippen molar-refractivity contribution in [1.82, 2.24) is 10.2 Å². The minimum absolute atomic E-state index is 0.0797. The van der Waals surface area contributed by atoms with Crippen LogP contribution in [-0.2, 0) is 14.3 Å². The molecule has 1 N–H and O–H groups in total. The summed E-state index contributed by atoms with van der Waals surface area (Å²) in [6.45, 7) is 3.34. The summed E-state index contributed by atoms with van der Waals surface area (Å²) in [5.74, 6) is -0.159. The highest BCUT2D eigenvalue weighted by molar-refractivity contribution is 8.14. The molecule has 0 bridgehead atoms. The minimum Gasteiger partial charge on any atom is -0.442 e. The van der Waals surface area contributed by atoms with Crippen molar-refractivity contribution in [3.05, 3.63) is 29.6 Å². The van der Waals surface area contributed by atoms with Gasteiger partial charge in [-0.3, -0.25) is 14.5 Å². The van der Waals surface area contributed by atoms with Crippen molar-refractivity contribution < 1.29 is 23.5 Å². The zero-order valence-corrected chi connectivity index (χ0v) is 17.4. The van der Waals surface area contributed by atoms with Crippen LogP contribution in [0.25, 0.3) is 0 Å². The van der Waals surface area contributed by atoms with Crippen molar-refractivity contribution in [2.75, 3.05) is 36.8 Å². The molecule has 0 spiro atoms. The van der Waals surface area contributed by atoms with Crippen molar-refractivity contribution >= 4 is 40.5 Å². The third kappa shape index (κ3) is 4.43. The van der Waals surface area contributed by atoms with E-state index >= 15 is 0 Å². The first-order chi connectivity index (χ1) is 14.4. The van der Waals surface area contributed by atoms with Gasteiger partial charge in [-0.25, -0.2) is 9.18 Å². The largest absolute Gasteiger partial charge is 0.442 e. The molecule has 4 rings (SSSR count). The van der Waals surface area contributed by atoms with Gasteiger partial charge in [-0.2, -0.15) is 4.99 Å². The van der Waals surface area contributed by atoms with Crippen LogP contribution in [0.4, 0.5) is 14.9 Å². The van der Waals surface area contributed by atoms with Crippen molar-refractivity contribution in [3.8, 4) is 0 Å².